The van der Waals surface area contributed by atoms with Crippen LogP contribution in [0.15, 0.2) is 30.3 Å². The average molecular weight is 199 g/mol. The minimum Gasteiger partial charge on any atom is -0.303 e. The Balaban J connectivity index is 2.38. The number of carbonyl (C=O) groups excluding carboxylic acids is 1. The fourth-order valence-corrected chi connectivity index (χ4v) is 1.66. The number of hydrogen-bond acceptors (Lipinski definition) is 2. The molecule has 0 aliphatic rings. The molecule has 1 aromatic carbocycles. The predicted molar refractivity (Wildman–Crippen MR) is 60.9 cm³/mol. The molecule has 0 aliphatic carbocycles. The molecule has 0 saturated heterocycles. The first-order valence-corrected chi connectivity index (χ1v) is 5.09. The highest BCUT2D eigenvalue weighted by atomic mass is 16.1. The summed E-state index contributed by atoms with van der Waals surface area (Å²) < 4.78 is 0. The molecule has 2 rings (SSSR count). The van der Waals surface area contributed by atoms with Crippen molar-refractivity contribution >= 4 is 17.2 Å². The fourth-order valence-electron chi connectivity index (χ4n) is 1.66. The van der Waals surface area contributed by atoms with Gasteiger partial charge >= 0.3 is 0 Å². The Morgan fingerprint density at radius 2 is 2.13 bits per heavy atom. The smallest absolute Gasteiger partial charge is 0.120 e. The van der Waals surface area contributed by atoms with Crippen LogP contribution in [0.4, 0.5) is 0 Å². The van der Waals surface area contributed by atoms with Gasteiger partial charge in [-0.15, -0.1) is 0 Å². The van der Waals surface area contributed by atoms with E-state index in [0.29, 0.717) is 6.42 Å². The minimum absolute atomic E-state index is 0.588. The van der Waals surface area contributed by atoms with Crippen molar-refractivity contribution in [2.45, 2.75) is 19.8 Å². The van der Waals surface area contributed by atoms with Gasteiger partial charge in [-0.05, 0) is 37.1 Å². The molecule has 0 atom stereocenters. The number of rotatable bonds is 3. The van der Waals surface area contributed by atoms with Gasteiger partial charge in [0.25, 0.3) is 0 Å². The maximum atomic E-state index is 10.3. The Bertz CT molecular complexity index is 491. The molecule has 2 aromatic rings. The molecule has 0 amide bonds. The number of aryl methyl sites for hydroxylation is 2. The highest BCUT2D eigenvalue weighted by molar-refractivity contribution is 5.79. The van der Waals surface area contributed by atoms with Gasteiger partial charge in [-0.3, -0.25) is 4.98 Å². The lowest BCUT2D eigenvalue weighted by Gasteiger charge is -2.02. The third kappa shape index (κ3) is 2.21. The molecule has 0 fully saturated rings. The van der Waals surface area contributed by atoms with Crippen LogP contribution in [0, 0.1) is 6.92 Å². The number of pyridine rings is 1. The van der Waals surface area contributed by atoms with Gasteiger partial charge in [-0.2, -0.15) is 0 Å². The van der Waals surface area contributed by atoms with E-state index >= 15 is 0 Å². The molecule has 2 nitrogen and oxygen atoms in total. The summed E-state index contributed by atoms with van der Waals surface area (Å²) >= 11 is 0. The summed E-state index contributed by atoms with van der Waals surface area (Å²) in [5, 5.41) is 1.14. The van der Waals surface area contributed by atoms with Crippen LogP contribution in [0.2, 0.25) is 0 Å². The zero-order valence-electron chi connectivity index (χ0n) is 8.73. The third-order valence-electron chi connectivity index (χ3n) is 2.44. The van der Waals surface area contributed by atoms with E-state index in [2.05, 4.69) is 17.1 Å². The Hall–Kier alpha value is -1.70. The van der Waals surface area contributed by atoms with Crippen LogP contribution in [-0.4, -0.2) is 11.3 Å². The van der Waals surface area contributed by atoms with Gasteiger partial charge in [0.15, 0.2) is 0 Å². The lowest BCUT2D eigenvalue weighted by Crippen LogP contribution is -1.88. The summed E-state index contributed by atoms with van der Waals surface area (Å²) in [6, 6.07) is 10.2. The molecule has 0 unspecified atom stereocenters. The minimum atomic E-state index is 0.588. The molecule has 0 saturated carbocycles. The van der Waals surface area contributed by atoms with Crippen molar-refractivity contribution in [3.63, 3.8) is 0 Å². The van der Waals surface area contributed by atoms with Crippen LogP contribution < -0.4 is 0 Å². The van der Waals surface area contributed by atoms with E-state index in [0.717, 1.165) is 29.3 Å². The first-order chi connectivity index (χ1) is 7.29. The standard InChI is InChI=1S/C13H13NO/c1-10-4-6-12-9-11(3-2-8-15)5-7-13(12)14-10/h4-9H,2-3H2,1H3. The van der Waals surface area contributed by atoms with Crippen LogP contribution in [0.5, 0.6) is 0 Å². The lowest BCUT2D eigenvalue weighted by atomic mass is 10.1. The molecule has 15 heavy (non-hydrogen) atoms. The number of nitrogens with zero attached hydrogens (tertiary/aromatic N) is 1. The normalized spacial score (nSPS) is 10.5. The fraction of sp³-hybridized carbons (Fsp3) is 0.231. The van der Waals surface area contributed by atoms with Crippen LogP contribution in [0.25, 0.3) is 10.9 Å². The molecule has 1 aromatic heterocycles. The second-order valence-electron chi connectivity index (χ2n) is 3.69. The summed E-state index contributed by atoms with van der Waals surface area (Å²) in [4.78, 5) is 14.7. The molecule has 0 radical (unpaired) electrons. The summed E-state index contributed by atoms with van der Waals surface area (Å²) in [6.45, 7) is 1.99. The predicted octanol–water partition coefficient (Wildman–Crippen LogP) is 2.67. The molecule has 0 N–H and O–H groups in total. The number of hydrogen-bond donors (Lipinski definition) is 0. The van der Waals surface area contributed by atoms with Gasteiger partial charge in [0.1, 0.15) is 6.29 Å². The lowest BCUT2D eigenvalue weighted by molar-refractivity contribution is -0.107. The van der Waals surface area contributed by atoms with E-state index in [9.17, 15) is 4.79 Å². The van der Waals surface area contributed by atoms with E-state index in [1.807, 2.05) is 25.1 Å². The van der Waals surface area contributed by atoms with Crippen molar-refractivity contribution in [2.24, 2.45) is 0 Å². The molecule has 76 valence electrons. The molecule has 0 bridgehead atoms. The van der Waals surface area contributed by atoms with Crippen LogP contribution >= 0.6 is 0 Å². The van der Waals surface area contributed by atoms with E-state index in [-0.39, 0.29) is 0 Å². The molecule has 0 aliphatic heterocycles. The SMILES string of the molecule is Cc1ccc2cc(CCC=O)ccc2n1. The van der Waals surface area contributed by atoms with Crippen molar-refractivity contribution in [1.82, 2.24) is 4.98 Å². The van der Waals surface area contributed by atoms with E-state index in [1.165, 1.54) is 5.56 Å². The Morgan fingerprint density at radius 3 is 2.93 bits per heavy atom. The highest BCUT2D eigenvalue weighted by Crippen LogP contribution is 2.15. The van der Waals surface area contributed by atoms with Crippen molar-refractivity contribution in [3.05, 3.63) is 41.6 Å². The van der Waals surface area contributed by atoms with Gasteiger partial charge in [0, 0.05) is 17.5 Å². The summed E-state index contributed by atoms with van der Waals surface area (Å²) in [6.07, 6.45) is 2.36. The molecular formula is C13H13NO. The number of carbonyl (C=O) groups is 1. The first-order valence-electron chi connectivity index (χ1n) is 5.09. The Labute approximate surface area is 89.0 Å². The van der Waals surface area contributed by atoms with Crippen molar-refractivity contribution in [3.8, 4) is 0 Å². The number of aldehydes is 1. The summed E-state index contributed by atoms with van der Waals surface area (Å²) in [5.41, 5.74) is 3.24. The third-order valence-corrected chi connectivity index (χ3v) is 2.44. The molecule has 1 heterocycles. The Morgan fingerprint density at radius 1 is 1.27 bits per heavy atom. The van der Waals surface area contributed by atoms with E-state index in [1.54, 1.807) is 0 Å². The van der Waals surface area contributed by atoms with Gasteiger partial charge in [0.2, 0.25) is 0 Å². The topological polar surface area (TPSA) is 30.0 Å². The van der Waals surface area contributed by atoms with Gasteiger partial charge in [-0.25, -0.2) is 0 Å². The number of aromatic nitrogens is 1. The molecule has 0 spiro atoms. The quantitative estimate of drug-likeness (QED) is 0.711. The largest absolute Gasteiger partial charge is 0.303 e. The zero-order chi connectivity index (χ0) is 10.7. The van der Waals surface area contributed by atoms with Crippen LogP contribution in [0.3, 0.4) is 0 Å². The van der Waals surface area contributed by atoms with Gasteiger partial charge < -0.3 is 4.79 Å². The molecule has 2 heteroatoms. The second kappa shape index (κ2) is 4.22. The maximum Gasteiger partial charge on any atom is 0.120 e. The van der Waals surface area contributed by atoms with Crippen molar-refractivity contribution < 1.29 is 4.79 Å². The number of benzene rings is 1. The average Bonchev–Trinajstić information content (AvgIpc) is 2.26. The van der Waals surface area contributed by atoms with Gasteiger partial charge in [-0.1, -0.05) is 12.1 Å². The first kappa shape index (κ1) is 9.84. The van der Waals surface area contributed by atoms with Crippen LogP contribution in [0.1, 0.15) is 17.7 Å². The number of fused-ring (bicyclic) bond motifs is 1. The van der Waals surface area contributed by atoms with Crippen molar-refractivity contribution in [2.75, 3.05) is 0 Å². The van der Waals surface area contributed by atoms with E-state index < -0.39 is 0 Å². The molecular weight excluding hydrogens is 186 g/mol. The summed E-state index contributed by atoms with van der Waals surface area (Å²) in [5.74, 6) is 0. The van der Waals surface area contributed by atoms with Crippen LogP contribution in [-0.2, 0) is 11.2 Å². The van der Waals surface area contributed by atoms with E-state index in [4.69, 9.17) is 0 Å². The Kier molecular flexibility index (Phi) is 2.77. The second-order valence-corrected chi connectivity index (χ2v) is 3.69. The maximum absolute atomic E-state index is 10.3. The monoisotopic (exact) mass is 199 g/mol. The highest BCUT2D eigenvalue weighted by Gasteiger charge is 1.97. The summed E-state index contributed by atoms with van der Waals surface area (Å²) in [7, 11) is 0. The van der Waals surface area contributed by atoms with Gasteiger partial charge in [0.05, 0.1) is 5.52 Å². The van der Waals surface area contributed by atoms with Crippen molar-refractivity contribution in [1.29, 1.82) is 0 Å². The zero-order valence-corrected chi connectivity index (χ0v) is 8.73.